The van der Waals surface area contributed by atoms with Gasteiger partial charge in [-0.1, -0.05) is 26.8 Å². The van der Waals surface area contributed by atoms with Crippen LogP contribution in [0.5, 0.6) is 0 Å². The van der Waals surface area contributed by atoms with Crippen LogP contribution in [0.25, 0.3) is 0 Å². The van der Waals surface area contributed by atoms with Crippen LogP contribution in [0.4, 0.5) is 4.79 Å². The Bertz CT molecular complexity index is 470. The third kappa shape index (κ3) is 4.17. The van der Waals surface area contributed by atoms with E-state index in [2.05, 4.69) is 31.1 Å². The number of pyridine rings is 1. The van der Waals surface area contributed by atoms with Gasteiger partial charge in [-0.3, -0.25) is 4.98 Å². The van der Waals surface area contributed by atoms with Gasteiger partial charge in [0, 0.05) is 32.0 Å². The Morgan fingerprint density at radius 2 is 2.29 bits per heavy atom. The van der Waals surface area contributed by atoms with Crippen molar-refractivity contribution >= 4 is 6.03 Å². The Kier molecular flexibility index (Phi) is 4.83. The summed E-state index contributed by atoms with van der Waals surface area (Å²) in [6, 6.07) is 3.65. The van der Waals surface area contributed by atoms with Crippen molar-refractivity contribution in [2.24, 2.45) is 11.3 Å². The molecule has 2 rings (SSSR count). The van der Waals surface area contributed by atoms with E-state index in [0.717, 1.165) is 12.0 Å². The third-order valence-electron chi connectivity index (χ3n) is 4.15. The number of carbonyl (C=O) groups excluding carboxylic acids is 1. The summed E-state index contributed by atoms with van der Waals surface area (Å²) in [5.41, 5.74) is 1.04. The van der Waals surface area contributed by atoms with Crippen molar-refractivity contribution in [1.29, 1.82) is 0 Å². The SMILES string of the molecule is CC(C)(C)C1CCN(C(=O)NCc2cccnc2)CC1O. The summed E-state index contributed by atoms with van der Waals surface area (Å²) in [7, 11) is 0. The van der Waals surface area contributed by atoms with Gasteiger partial charge in [-0.05, 0) is 29.4 Å². The summed E-state index contributed by atoms with van der Waals surface area (Å²) in [5.74, 6) is 0.236. The summed E-state index contributed by atoms with van der Waals surface area (Å²) in [6.45, 7) is 7.97. The number of aliphatic hydroxyl groups excluding tert-OH is 1. The minimum absolute atomic E-state index is 0.0672. The van der Waals surface area contributed by atoms with E-state index in [9.17, 15) is 9.90 Å². The topological polar surface area (TPSA) is 65.5 Å². The number of β-amino-alcohol motifs (C(OH)–C–C–N with tert-alkyl or cyclic N) is 1. The first kappa shape index (κ1) is 15.8. The molecule has 2 heterocycles. The molecule has 0 bridgehead atoms. The molecule has 0 spiro atoms. The molecule has 0 aliphatic carbocycles. The zero-order valence-corrected chi connectivity index (χ0v) is 13.0. The van der Waals surface area contributed by atoms with Crippen LogP contribution in [0.15, 0.2) is 24.5 Å². The molecule has 1 aromatic rings. The van der Waals surface area contributed by atoms with E-state index in [-0.39, 0.29) is 17.4 Å². The largest absolute Gasteiger partial charge is 0.391 e. The summed E-state index contributed by atoms with van der Waals surface area (Å²) in [5, 5.41) is 13.2. The predicted molar refractivity (Wildman–Crippen MR) is 81.6 cm³/mol. The minimum Gasteiger partial charge on any atom is -0.391 e. The molecular formula is C16H25N3O2. The zero-order chi connectivity index (χ0) is 15.5. The number of likely N-dealkylation sites (tertiary alicyclic amines) is 1. The minimum atomic E-state index is -0.456. The molecule has 2 unspecified atom stereocenters. The van der Waals surface area contributed by atoms with Gasteiger partial charge in [0.2, 0.25) is 0 Å². The van der Waals surface area contributed by atoms with Crippen molar-refractivity contribution in [2.45, 2.75) is 39.8 Å². The highest BCUT2D eigenvalue weighted by molar-refractivity contribution is 5.74. The smallest absolute Gasteiger partial charge is 0.317 e. The average Bonchev–Trinajstić information content (AvgIpc) is 2.44. The first-order chi connectivity index (χ1) is 9.88. The van der Waals surface area contributed by atoms with E-state index in [0.29, 0.717) is 19.6 Å². The lowest BCUT2D eigenvalue weighted by Crippen LogP contribution is -2.52. The van der Waals surface area contributed by atoms with E-state index >= 15 is 0 Å². The Hall–Kier alpha value is -1.62. The molecule has 0 saturated carbocycles. The van der Waals surface area contributed by atoms with Crippen LogP contribution < -0.4 is 5.32 Å². The lowest BCUT2D eigenvalue weighted by Gasteiger charge is -2.42. The second kappa shape index (κ2) is 6.43. The van der Waals surface area contributed by atoms with Crippen LogP contribution in [0.2, 0.25) is 0 Å². The number of rotatable bonds is 2. The van der Waals surface area contributed by atoms with Gasteiger partial charge in [0.15, 0.2) is 0 Å². The molecular weight excluding hydrogens is 266 g/mol. The Labute approximate surface area is 126 Å². The molecule has 116 valence electrons. The number of aliphatic hydroxyl groups is 1. The number of piperidine rings is 1. The molecule has 5 nitrogen and oxygen atoms in total. The van der Waals surface area contributed by atoms with E-state index in [1.165, 1.54) is 0 Å². The number of hydrogen-bond acceptors (Lipinski definition) is 3. The number of urea groups is 1. The molecule has 1 fully saturated rings. The molecule has 2 N–H and O–H groups in total. The van der Waals surface area contributed by atoms with E-state index in [1.54, 1.807) is 17.3 Å². The van der Waals surface area contributed by atoms with Gasteiger partial charge in [0.1, 0.15) is 0 Å². The van der Waals surface area contributed by atoms with Crippen molar-refractivity contribution in [2.75, 3.05) is 13.1 Å². The molecule has 1 aliphatic heterocycles. The highest BCUT2D eigenvalue weighted by Crippen LogP contribution is 2.34. The molecule has 1 aliphatic rings. The summed E-state index contributed by atoms with van der Waals surface area (Å²) in [4.78, 5) is 17.9. The molecule has 0 radical (unpaired) electrons. The first-order valence-electron chi connectivity index (χ1n) is 7.47. The lowest BCUT2D eigenvalue weighted by molar-refractivity contribution is -0.0124. The quantitative estimate of drug-likeness (QED) is 0.876. The van der Waals surface area contributed by atoms with Gasteiger partial charge in [0.05, 0.1) is 6.10 Å². The number of carbonyl (C=O) groups is 1. The predicted octanol–water partition coefficient (Wildman–Crippen LogP) is 2.02. The van der Waals surface area contributed by atoms with Crippen molar-refractivity contribution in [1.82, 2.24) is 15.2 Å². The van der Waals surface area contributed by atoms with Gasteiger partial charge in [-0.2, -0.15) is 0 Å². The summed E-state index contributed by atoms with van der Waals surface area (Å²) in [6.07, 6.45) is 3.83. The summed E-state index contributed by atoms with van der Waals surface area (Å²) < 4.78 is 0. The average molecular weight is 291 g/mol. The van der Waals surface area contributed by atoms with Crippen LogP contribution in [-0.4, -0.2) is 40.2 Å². The fraction of sp³-hybridized carbons (Fsp3) is 0.625. The second-order valence-corrected chi connectivity index (χ2v) is 6.79. The zero-order valence-electron chi connectivity index (χ0n) is 13.0. The maximum atomic E-state index is 12.2. The number of aromatic nitrogens is 1. The highest BCUT2D eigenvalue weighted by Gasteiger charge is 2.36. The second-order valence-electron chi connectivity index (χ2n) is 6.79. The van der Waals surface area contributed by atoms with Crippen LogP contribution in [0, 0.1) is 11.3 Å². The van der Waals surface area contributed by atoms with Gasteiger partial charge >= 0.3 is 6.03 Å². The van der Waals surface area contributed by atoms with Crippen molar-refractivity contribution in [3.8, 4) is 0 Å². The molecule has 1 aromatic heterocycles. The standard InChI is InChI=1S/C16H25N3O2/c1-16(2,3)13-6-8-19(11-14(13)20)15(21)18-10-12-5-4-7-17-9-12/h4-5,7,9,13-14,20H,6,8,10-11H2,1-3H3,(H,18,21). The molecule has 5 heteroatoms. The molecule has 0 aromatic carbocycles. The number of nitrogens with zero attached hydrogens (tertiary/aromatic N) is 2. The third-order valence-corrected chi connectivity index (χ3v) is 4.15. The lowest BCUT2D eigenvalue weighted by atomic mass is 9.74. The Balaban J connectivity index is 1.85. The van der Waals surface area contributed by atoms with Crippen molar-refractivity contribution < 1.29 is 9.90 Å². The Morgan fingerprint density at radius 3 is 2.86 bits per heavy atom. The monoisotopic (exact) mass is 291 g/mol. The van der Waals surface area contributed by atoms with Crippen molar-refractivity contribution in [3.63, 3.8) is 0 Å². The first-order valence-corrected chi connectivity index (χ1v) is 7.47. The molecule has 21 heavy (non-hydrogen) atoms. The maximum absolute atomic E-state index is 12.2. The van der Waals surface area contributed by atoms with Crippen LogP contribution in [0.3, 0.4) is 0 Å². The van der Waals surface area contributed by atoms with Crippen molar-refractivity contribution in [3.05, 3.63) is 30.1 Å². The van der Waals surface area contributed by atoms with Gasteiger partial charge < -0.3 is 15.3 Å². The van der Waals surface area contributed by atoms with Gasteiger partial charge in [-0.25, -0.2) is 4.79 Å². The van der Waals surface area contributed by atoms with E-state index in [1.807, 2.05) is 12.1 Å². The summed E-state index contributed by atoms with van der Waals surface area (Å²) >= 11 is 0. The fourth-order valence-corrected chi connectivity index (χ4v) is 2.92. The normalized spacial score (nSPS) is 23.0. The number of hydrogen-bond donors (Lipinski definition) is 2. The molecule has 2 amide bonds. The Morgan fingerprint density at radius 1 is 1.52 bits per heavy atom. The highest BCUT2D eigenvalue weighted by atomic mass is 16.3. The van der Waals surface area contributed by atoms with Crippen LogP contribution in [0.1, 0.15) is 32.8 Å². The van der Waals surface area contributed by atoms with Gasteiger partial charge in [-0.15, -0.1) is 0 Å². The maximum Gasteiger partial charge on any atom is 0.317 e. The van der Waals surface area contributed by atoms with Crippen LogP contribution in [-0.2, 0) is 6.54 Å². The van der Waals surface area contributed by atoms with E-state index in [4.69, 9.17) is 0 Å². The molecule has 2 atom stereocenters. The fourth-order valence-electron chi connectivity index (χ4n) is 2.92. The molecule has 1 saturated heterocycles. The number of amides is 2. The number of nitrogens with one attached hydrogen (secondary N) is 1. The van der Waals surface area contributed by atoms with Gasteiger partial charge in [0.25, 0.3) is 0 Å². The van der Waals surface area contributed by atoms with E-state index < -0.39 is 6.10 Å². The van der Waals surface area contributed by atoms with Crippen LogP contribution >= 0.6 is 0 Å².